The Labute approximate surface area is 111 Å². The summed E-state index contributed by atoms with van der Waals surface area (Å²) in [4.78, 5) is 27.7. The van der Waals surface area contributed by atoms with Gasteiger partial charge in [-0.2, -0.15) is 0 Å². The fourth-order valence-corrected chi connectivity index (χ4v) is 3.35. The second-order valence-corrected chi connectivity index (χ2v) is 5.47. The zero-order chi connectivity index (χ0) is 13.2. The molecule has 0 radical (unpaired) electrons. The predicted molar refractivity (Wildman–Crippen MR) is 68.8 cm³/mol. The first-order chi connectivity index (χ1) is 9.24. The van der Waals surface area contributed by atoms with Crippen LogP contribution in [-0.2, 0) is 4.79 Å². The van der Waals surface area contributed by atoms with Crippen LogP contribution in [-0.4, -0.2) is 16.8 Å². The van der Waals surface area contributed by atoms with Gasteiger partial charge >= 0.3 is 0 Å². The van der Waals surface area contributed by atoms with E-state index in [0.29, 0.717) is 11.5 Å². The maximum atomic E-state index is 12.0. The van der Waals surface area contributed by atoms with Crippen LogP contribution in [0, 0.1) is 17.8 Å². The fraction of sp³-hybridized carbons (Fsp3) is 0.500. The van der Waals surface area contributed by atoms with E-state index in [1.807, 2.05) is 0 Å². The molecule has 1 aromatic rings. The average molecular weight is 259 g/mol. The van der Waals surface area contributed by atoms with Gasteiger partial charge < -0.3 is 0 Å². The molecule has 2 aliphatic carbocycles. The zero-order valence-corrected chi connectivity index (χ0v) is 10.6. The quantitative estimate of drug-likeness (QED) is 0.786. The summed E-state index contributed by atoms with van der Waals surface area (Å²) in [7, 11) is 0. The van der Waals surface area contributed by atoms with Crippen LogP contribution >= 0.6 is 0 Å². The van der Waals surface area contributed by atoms with Gasteiger partial charge in [-0.15, -0.1) is 0 Å². The second-order valence-electron chi connectivity index (χ2n) is 5.47. The van der Waals surface area contributed by atoms with E-state index < -0.39 is 0 Å². The standard InChI is InChI=1S/C14H17N3O2/c18-13(11-2-1-5-15-8-11)16-17-14(19)12-7-9-3-4-10(12)6-9/h1-2,5,8-10,12H,3-4,6-7H2,(H,16,18)(H,17,19). The third-order valence-corrected chi connectivity index (χ3v) is 4.30. The molecule has 0 aromatic carbocycles. The van der Waals surface area contributed by atoms with E-state index in [2.05, 4.69) is 15.8 Å². The highest BCUT2D eigenvalue weighted by Gasteiger charge is 2.43. The van der Waals surface area contributed by atoms with Gasteiger partial charge in [0.25, 0.3) is 5.91 Å². The van der Waals surface area contributed by atoms with Crippen LogP contribution in [0.15, 0.2) is 24.5 Å². The molecule has 5 heteroatoms. The van der Waals surface area contributed by atoms with Crippen LogP contribution in [0.4, 0.5) is 0 Å². The van der Waals surface area contributed by atoms with E-state index in [1.54, 1.807) is 18.3 Å². The molecule has 1 aromatic heterocycles. The Morgan fingerprint density at radius 1 is 1.21 bits per heavy atom. The monoisotopic (exact) mass is 259 g/mol. The highest BCUT2D eigenvalue weighted by Crippen LogP contribution is 2.48. The number of aromatic nitrogens is 1. The minimum absolute atomic E-state index is 0.0514. The summed E-state index contributed by atoms with van der Waals surface area (Å²) >= 11 is 0. The van der Waals surface area contributed by atoms with E-state index in [9.17, 15) is 9.59 Å². The fourth-order valence-electron chi connectivity index (χ4n) is 3.35. The lowest BCUT2D eigenvalue weighted by molar-refractivity contribution is -0.127. The van der Waals surface area contributed by atoms with Gasteiger partial charge in [0.05, 0.1) is 5.56 Å². The summed E-state index contributed by atoms with van der Waals surface area (Å²) in [5.41, 5.74) is 5.44. The number of hydrazine groups is 1. The molecule has 3 atom stereocenters. The second kappa shape index (κ2) is 4.99. The first kappa shape index (κ1) is 12.1. The SMILES string of the molecule is O=C(NNC(=O)C1CC2CCC1C2)c1cccnc1. The molecule has 3 unspecified atom stereocenters. The van der Waals surface area contributed by atoms with E-state index in [1.165, 1.54) is 19.0 Å². The minimum atomic E-state index is -0.329. The number of hydrogen-bond acceptors (Lipinski definition) is 3. The molecule has 2 bridgehead atoms. The Kier molecular flexibility index (Phi) is 3.19. The van der Waals surface area contributed by atoms with Gasteiger partial charge in [-0.05, 0) is 43.2 Å². The number of rotatable bonds is 2. The van der Waals surface area contributed by atoms with Gasteiger partial charge in [0, 0.05) is 18.3 Å². The first-order valence-electron chi connectivity index (χ1n) is 6.74. The zero-order valence-electron chi connectivity index (χ0n) is 10.6. The first-order valence-corrected chi connectivity index (χ1v) is 6.74. The van der Waals surface area contributed by atoms with Crippen LogP contribution in [0.1, 0.15) is 36.0 Å². The maximum Gasteiger partial charge on any atom is 0.271 e. The van der Waals surface area contributed by atoms with Crippen molar-refractivity contribution in [2.45, 2.75) is 25.7 Å². The summed E-state index contributed by atoms with van der Waals surface area (Å²) in [6, 6.07) is 3.35. The van der Waals surface area contributed by atoms with Crippen molar-refractivity contribution in [2.24, 2.45) is 17.8 Å². The van der Waals surface area contributed by atoms with Gasteiger partial charge in [0.1, 0.15) is 0 Å². The number of carbonyl (C=O) groups is 2. The van der Waals surface area contributed by atoms with Crippen molar-refractivity contribution < 1.29 is 9.59 Å². The van der Waals surface area contributed by atoms with Crippen LogP contribution in [0.25, 0.3) is 0 Å². The van der Waals surface area contributed by atoms with E-state index in [4.69, 9.17) is 0 Å². The molecule has 2 amide bonds. The number of pyridine rings is 1. The number of nitrogens with one attached hydrogen (secondary N) is 2. The van der Waals surface area contributed by atoms with Gasteiger partial charge in [-0.25, -0.2) is 0 Å². The minimum Gasteiger partial charge on any atom is -0.273 e. The Hall–Kier alpha value is -1.91. The smallest absolute Gasteiger partial charge is 0.271 e. The summed E-state index contributed by atoms with van der Waals surface area (Å²) in [5.74, 6) is 0.928. The molecular formula is C14H17N3O2. The van der Waals surface area contributed by atoms with Gasteiger partial charge in [0.15, 0.2) is 0 Å². The van der Waals surface area contributed by atoms with Crippen LogP contribution in [0.5, 0.6) is 0 Å². The molecule has 2 N–H and O–H groups in total. The molecule has 2 saturated carbocycles. The Morgan fingerprint density at radius 3 is 2.74 bits per heavy atom. The Morgan fingerprint density at radius 2 is 2.11 bits per heavy atom. The van der Waals surface area contributed by atoms with Crippen LogP contribution in [0.2, 0.25) is 0 Å². The molecule has 2 aliphatic rings. The van der Waals surface area contributed by atoms with Gasteiger partial charge in [-0.3, -0.25) is 25.4 Å². The predicted octanol–water partition coefficient (Wildman–Crippen LogP) is 1.28. The molecule has 0 spiro atoms. The van der Waals surface area contributed by atoms with Crippen molar-refractivity contribution in [1.29, 1.82) is 0 Å². The van der Waals surface area contributed by atoms with Crippen molar-refractivity contribution in [2.75, 3.05) is 0 Å². The number of fused-ring (bicyclic) bond motifs is 2. The van der Waals surface area contributed by atoms with Crippen molar-refractivity contribution in [3.8, 4) is 0 Å². The lowest BCUT2D eigenvalue weighted by Crippen LogP contribution is -2.45. The summed E-state index contributed by atoms with van der Waals surface area (Å²) < 4.78 is 0. The van der Waals surface area contributed by atoms with Crippen LogP contribution in [0.3, 0.4) is 0 Å². The molecule has 0 saturated heterocycles. The summed E-state index contributed by atoms with van der Waals surface area (Å²) in [6.07, 6.45) is 7.63. The van der Waals surface area contributed by atoms with Crippen LogP contribution < -0.4 is 10.9 Å². The summed E-state index contributed by atoms with van der Waals surface area (Å²) in [5, 5.41) is 0. The summed E-state index contributed by atoms with van der Waals surface area (Å²) in [6.45, 7) is 0. The van der Waals surface area contributed by atoms with Crippen molar-refractivity contribution in [3.05, 3.63) is 30.1 Å². The van der Waals surface area contributed by atoms with E-state index in [0.717, 1.165) is 18.8 Å². The third-order valence-electron chi connectivity index (χ3n) is 4.30. The van der Waals surface area contributed by atoms with Gasteiger partial charge in [0.2, 0.25) is 5.91 Å². The highest BCUT2D eigenvalue weighted by atomic mass is 16.2. The largest absolute Gasteiger partial charge is 0.273 e. The van der Waals surface area contributed by atoms with Gasteiger partial charge in [-0.1, -0.05) is 6.42 Å². The van der Waals surface area contributed by atoms with E-state index >= 15 is 0 Å². The topological polar surface area (TPSA) is 71.1 Å². The maximum absolute atomic E-state index is 12.0. The highest BCUT2D eigenvalue weighted by molar-refractivity contribution is 5.95. The average Bonchev–Trinajstić information content (AvgIpc) is 3.08. The van der Waals surface area contributed by atoms with Crippen molar-refractivity contribution in [3.63, 3.8) is 0 Å². The lowest BCUT2D eigenvalue weighted by atomic mass is 9.88. The van der Waals surface area contributed by atoms with Crippen molar-refractivity contribution in [1.82, 2.24) is 15.8 Å². The molecule has 5 nitrogen and oxygen atoms in total. The normalized spacial score (nSPS) is 28.1. The molecule has 2 fully saturated rings. The molecule has 100 valence electrons. The molecule has 19 heavy (non-hydrogen) atoms. The van der Waals surface area contributed by atoms with Crippen molar-refractivity contribution >= 4 is 11.8 Å². The Balaban J connectivity index is 1.52. The molecular weight excluding hydrogens is 242 g/mol. The molecule has 0 aliphatic heterocycles. The van der Waals surface area contributed by atoms with E-state index in [-0.39, 0.29) is 17.7 Å². The number of carbonyl (C=O) groups excluding carboxylic acids is 2. The molecule has 1 heterocycles. The number of nitrogens with zero attached hydrogens (tertiary/aromatic N) is 1. The third kappa shape index (κ3) is 2.45. The number of amides is 2. The lowest BCUT2D eigenvalue weighted by Gasteiger charge is -2.20. The molecule has 3 rings (SSSR count). The Bertz CT molecular complexity index is 489. The number of hydrogen-bond donors (Lipinski definition) is 2.